The Kier molecular flexibility index (Phi) is 3.46. The van der Waals surface area contributed by atoms with Crippen molar-refractivity contribution in [2.45, 2.75) is 6.92 Å². The van der Waals surface area contributed by atoms with Crippen LogP contribution in [0.5, 0.6) is 0 Å². The molecule has 17 heavy (non-hydrogen) atoms. The second kappa shape index (κ2) is 5.21. The number of benzene rings is 2. The van der Waals surface area contributed by atoms with E-state index in [1.807, 2.05) is 67.6 Å². The van der Waals surface area contributed by atoms with Crippen LogP contribution >= 0.6 is 0 Å². The van der Waals surface area contributed by atoms with Crippen LogP contribution in [0.3, 0.4) is 0 Å². The molecule has 0 spiro atoms. The van der Waals surface area contributed by atoms with Crippen molar-refractivity contribution in [2.24, 2.45) is 4.99 Å². The minimum Gasteiger partial charge on any atom is -0.282 e. The molecule has 0 atom stereocenters. The molecule has 0 aliphatic heterocycles. The summed E-state index contributed by atoms with van der Waals surface area (Å²) in [5, 5.41) is 7.92. The number of nitrogens with zero attached hydrogens (tertiary/aromatic N) is 1. The van der Waals surface area contributed by atoms with Crippen LogP contribution in [0.25, 0.3) is 0 Å². The first-order valence-corrected chi connectivity index (χ1v) is 5.52. The summed E-state index contributed by atoms with van der Waals surface area (Å²) in [6.45, 7) is 1.92. The monoisotopic (exact) mass is 222 g/mol. The number of rotatable bonds is 2. The third-order valence-electron chi connectivity index (χ3n) is 2.52. The van der Waals surface area contributed by atoms with Crippen LogP contribution in [-0.4, -0.2) is 11.5 Å². The summed E-state index contributed by atoms with van der Waals surface area (Å²) in [6, 6.07) is 19.5. The van der Waals surface area contributed by atoms with Gasteiger partial charge >= 0.3 is 0 Å². The fourth-order valence-electron chi connectivity index (χ4n) is 1.57. The van der Waals surface area contributed by atoms with E-state index in [9.17, 15) is 0 Å². The van der Waals surface area contributed by atoms with E-state index in [0.717, 1.165) is 16.8 Å². The maximum absolute atomic E-state index is 7.92. The van der Waals surface area contributed by atoms with E-state index in [1.54, 1.807) is 0 Å². The zero-order valence-corrected chi connectivity index (χ0v) is 9.72. The normalized spacial score (nSPS) is 11.2. The molecule has 0 bridgehead atoms. The highest BCUT2D eigenvalue weighted by molar-refractivity contribution is 6.10. The molecular formula is C15H14N2. The van der Waals surface area contributed by atoms with E-state index >= 15 is 0 Å². The Morgan fingerprint density at radius 2 is 1.29 bits per heavy atom. The first-order valence-electron chi connectivity index (χ1n) is 5.52. The van der Waals surface area contributed by atoms with Crippen molar-refractivity contribution in [2.75, 3.05) is 0 Å². The summed E-state index contributed by atoms with van der Waals surface area (Å²) in [5.74, 6) is 0.298. The third-order valence-corrected chi connectivity index (χ3v) is 2.52. The lowest BCUT2D eigenvalue weighted by molar-refractivity contribution is 1.40. The fraction of sp³-hybridized carbons (Fsp3) is 0.0667. The van der Waals surface area contributed by atoms with E-state index in [2.05, 4.69) is 4.99 Å². The highest BCUT2D eigenvalue weighted by atomic mass is 14.8. The van der Waals surface area contributed by atoms with Gasteiger partial charge in [0.1, 0.15) is 0 Å². The van der Waals surface area contributed by atoms with Gasteiger partial charge in [-0.1, -0.05) is 60.7 Å². The highest BCUT2D eigenvalue weighted by Crippen LogP contribution is 2.05. The van der Waals surface area contributed by atoms with E-state index in [1.165, 1.54) is 0 Å². The predicted molar refractivity (Wildman–Crippen MR) is 71.9 cm³/mol. The van der Waals surface area contributed by atoms with Crippen LogP contribution in [-0.2, 0) is 0 Å². The summed E-state index contributed by atoms with van der Waals surface area (Å²) in [7, 11) is 0. The molecule has 0 fully saturated rings. The van der Waals surface area contributed by atoms with Crippen LogP contribution in [0.1, 0.15) is 18.1 Å². The lowest BCUT2D eigenvalue weighted by atomic mass is 10.1. The van der Waals surface area contributed by atoms with Gasteiger partial charge in [0.15, 0.2) is 5.84 Å². The van der Waals surface area contributed by atoms with Gasteiger partial charge in [-0.05, 0) is 12.5 Å². The lowest BCUT2D eigenvalue weighted by Crippen LogP contribution is -2.01. The van der Waals surface area contributed by atoms with Gasteiger partial charge in [-0.15, -0.1) is 0 Å². The van der Waals surface area contributed by atoms with E-state index in [0.29, 0.717) is 5.84 Å². The molecule has 0 saturated heterocycles. The van der Waals surface area contributed by atoms with Crippen LogP contribution in [0.15, 0.2) is 65.7 Å². The van der Waals surface area contributed by atoms with Gasteiger partial charge in [-0.25, -0.2) is 4.99 Å². The molecule has 2 rings (SSSR count). The van der Waals surface area contributed by atoms with Gasteiger partial charge in [0.2, 0.25) is 0 Å². The minimum absolute atomic E-state index is 0.298. The van der Waals surface area contributed by atoms with Gasteiger partial charge in [0.25, 0.3) is 0 Å². The lowest BCUT2D eigenvalue weighted by Gasteiger charge is -2.02. The number of aliphatic imine (C=N–C) groups is 1. The summed E-state index contributed by atoms with van der Waals surface area (Å²) >= 11 is 0. The van der Waals surface area contributed by atoms with Gasteiger partial charge in [0, 0.05) is 11.3 Å². The highest BCUT2D eigenvalue weighted by Gasteiger charge is 2.00. The van der Waals surface area contributed by atoms with Crippen LogP contribution < -0.4 is 0 Å². The van der Waals surface area contributed by atoms with E-state index in [4.69, 9.17) is 5.41 Å². The average molecular weight is 222 g/mol. The van der Waals surface area contributed by atoms with Gasteiger partial charge in [0.05, 0.1) is 0 Å². The molecule has 0 unspecified atom stereocenters. The molecule has 84 valence electrons. The molecule has 0 aliphatic rings. The molecule has 2 nitrogen and oxygen atoms in total. The van der Waals surface area contributed by atoms with Crippen molar-refractivity contribution in [1.29, 1.82) is 5.41 Å². The van der Waals surface area contributed by atoms with E-state index in [-0.39, 0.29) is 0 Å². The predicted octanol–water partition coefficient (Wildman–Crippen LogP) is 3.52. The smallest absolute Gasteiger partial charge is 0.152 e. The standard InChI is InChI=1S/C15H14N2/c1-12(13-8-4-2-5-9-13)17-15(16)14-10-6-3-7-11-14/h2-11,16H,1H3. The zero-order chi connectivity index (χ0) is 12.1. The zero-order valence-electron chi connectivity index (χ0n) is 9.72. The van der Waals surface area contributed by atoms with Gasteiger partial charge in [-0.2, -0.15) is 0 Å². The Hall–Kier alpha value is -2.22. The van der Waals surface area contributed by atoms with Crippen molar-refractivity contribution in [3.05, 3.63) is 71.8 Å². The summed E-state index contributed by atoms with van der Waals surface area (Å²) in [4.78, 5) is 4.32. The Labute approximate surface area is 101 Å². The Bertz CT molecular complexity index is 527. The Morgan fingerprint density at radius 3 is 1.82 bits per heavy atom. The van der Waals surface area contributed by atoms with E-state index < -0.39 is 0 Å². The van der Waals surface area contributed by atoms with Crippen molar-refractivity contribution in [1.82, 2.24) is 0 Å². The van der Waals surface area contributed by atoms with Gasteiger partial charge in [-0.3, -0.25) is 5.41 Å². The second-order valence-electron chi connectivity index (χ2n) is 3.78. The second-order valence-corrected chi connectivity index (χ2v) is 3.78. The first kappa shape index (κ1) is 11.3. The third kappa shape index (κ3) is 2.88. The summed E-state index contributed by atoms with van der Waals surface area (Å²) < 4.78 is 0. The van der Waals surface area contributed by atoms with Gasteiger partial charge < -0.3 is 0 Å². The molecule has 2 heteroatoms. The minimum atomic E-state index is 0.298. The quantitative estimate of drug-likeness (QED) is 0.596. The summed E-state index contributed by atoms with van der Waals surface area (Å²) in [6.07, 6.45) is 0. The molecule has 0 amide bonds. The molecule has 1 N–H and O–H groups in total. The Morgan fingerprint density at radius 1 is 0.824 bits per heavy atom. The Balaban J connectivity index is 2.24. The molecule has 0 saturated carbocycles. The maximum atomic E-state index is 7.92. The number of hydrogen-bond donors (Lipinski definition) is 1. The molecular weight excluding hydrogens is 208 g/mol. The molecule has 0 heterocycles. The summed E-state index contributed by atoms with van der Waals surface area (Å²) in [5.41, 5.74) is 2.75. The molecule has 2 aromatic rings. The SMILES string of the molecule is CC(=NC(=N)c1ccccc1)c1ccccc1. The number of hydrogen-bond acceptors (Lipinski definition) is 1. The number of nitrogens with one attached hydrogen (secondary N) is 1. The molecule has 2 aromatic carbocycles. The van der Waals surface area contributed by atoms with Crippen molar-refractivity contribution < 1.29 is 0 Å². The molecule has 0 aromatic heterocycles. The number of amidine groups is 1. The van der Waals surface area contributed by atoms with Crippen molar-refractivity contribution >= 4 is 11.5 Å². The average Bonchev–Trinajstić information content (AvgIpc) is 2.40. The van der Waals surface area contributed by atoms with Crippen LogP contribution in [0.2, 0.25) is 0 Å². The first-order chi connectivity index (χ1) is 8.27. The van der Waals surface area contributed by atoms with Crippen molar-refractivity contribution in [3.63, 3.8) is 0 Å². The van der Waals surface area contributed by atoms with Crippen LogP contribution in [0.4, 0.5) is 0 Å². The van der Waals surface area contributed by atoms with Crippen LogP contribution in [0, 0.1) is 5.41 Å². The maximum Gasteiger partial charge on any atom is 0.152 e. The van der Waals surface area contributed by atoms with Crippen molar-refractivity contribution in [3.8, 4) is 0 Å². The molecule has 0 aliphatic carbocycles. The largest absolute Gasteiger partial charge is 0.282 e. The molecule has 0 radical (unpaired) electrons. The fourth-order valence-corrected chi connectivity index (χ4v) is 1.57. The topological polar surface area (TPSA) is 36.2 Å².